The highest BCUT2D eigenvalue weighted by Crippen LogP contribution is 2.39. The van der Waals surface area contributed by atoms with Crippen LogP contribution in [0.1, 0.15) is 52.4 Å². The van der Waals surface area contributed by atoms with E-state index in [-0.39, 0.29) is 0 Å². The van der Waals surface area contributed by atoms with Crippen molar-refractivity contribution < 1.29 is 24.0 Å². The fraction of sp³-hybridized carbons (Fsp3) is 0.957. The number of carboxylic acid groups (broad SMARTS) is 1. The van der Waals surface area contributed by atoms with Gasteiger partial charge < -0.3 is 19.2 Å². The SMILES string of the molecule is CCC1C[N+](C)(C)CC1CCC1C[N+](C)(C)CC1CCC(CC(C)O)C(=O)O. The maximum absolute atomic E-state index is 11.6. The van der Waals surface area contributed by atoms with E-state index in [1.54, 1.807) is 6.92 Å². The third-order valence-corrected chi connectivity index (χ3v) is 7.54. The molecule has 0 aromatic heterocycles. The van der Waals surface area contributed by atoms with Crippen LogP contribution in [0.4, 0.5) is 0 Å². The summed E-state index contributed by atoms with van der Waals surface area (Å²) in [4.78, 5) is 11.6. The van der Waals surface area contributed by atoms with Gasteiger partial charge in [-0.05, 0) is 45.4 Å². The van der Waals surface area contributed by atoms with Crippen molar-refractivity contribution in [3.63, 3.8) is 0 Å². The molecule has 2 aliphatic heterocycles. The number of carbonyl (C=O) groups is 1. The summed E-state index contributed by atoms with van der Waals surface area (Å²) in [5.41, 5.74) is 0. The average Bonchev–Trinajstić information content (AvgIpc) is 3.03. The van der Waals surface area contributed by atoms with E-state index >= 15 is 0 Å². The fourth-order valence-electron chi connectivity index (χ4n) is 6.33. The van der Waals surface area contributed by atoms with Gasteiger partial charge in [-0.25, -0.2) is 0 Å². The lowest BCUT2D eigenvalue weighted by molar-refractivity contribution is -0.881. The van der Waals surface area contributed by atoms with Crippen molar-refractivity contribution in [1.82, 2.24) is 0 Å². The Morgan fingerprint density at radius 2 is 1.32 bits per heavy atom. The smallest absolute Gasteiger partial charge is 0.306 e. The molecule has 0 radical (unpaired) electrons. The van der Waals surface area contributed by atoms with Gasteiger partial charge in [0.2, 0.25) is 0 Å². The first-order valence-electron chi connectivity index (χ1n) is 11.5. The molecular weight excluding hydrogens is 352 g/mol. The predicted molar refractivity (Wildman–Crippen MR) is 114 cm³/mol. The molecule has 0 amide bonds. The molecule has 0 saturated carbocycles. The van der Waals surface area contributed by atoms with Gasteiger partial charge in [0.25, 0.3) is 0 Å². The number of likely N-dealkylation sites (tertiary alicyclic amines) is 2. The van der Waals surface area contributed by atoms with Gasteiger partial charge in [0, 0.05) is 23.7 Å². The first-order valence-corrected chi connectivity index (χ1v) is 11.5. The van der Waals surface area contributed by atoms with Gasteiger partial charge in [-0.1, -0.05) is 6.92 Å². The molecule has 0 bridgehead atoms. The average molecular weight is 399 g/mol. The van der Waals surface area contributed by atoms with E-state index in [9.17, 15) is 15.0 Å². The third-order valence-electron chi connectivity index (χ3n) is 7.54. The minimum absolute atomic E-state index is 0.373. The first kappa shape index (κ1) is 23.6. The molecule has 164 valence electrons. The van der Waals surface area contributed by atoms with Gasteiger partial charge >= 0.3 is 5.97 Å². The molecule has 2 N–H and O–H groups in total. The Kier molecular flexibility index (Phi) is 7.97. The quantitative estimate of drug-likeness (QED) is 0.556. The third kappa shape index (κ3) is 6.70. The van der Waals surface area contributed by atoms with Crippen molar-refractivity contribution in [3.05, 3.63) is 0 Å². The van der Waals surface area contributed by atoms with E-state index in [1.165, 1.54) is 43.4 Å². The van der Waals surface area contributed by atoms with Crippen LogP contribution < -0.4 is 0 Å². The predicted octanol–water partition coefficient (Wildman–Crippen LogP) is 3.07. The summed E-state index contributed by atoms with van der Waals surface area (Å²) < 4.78 is 2.23. The maximum atomic E-state index is 11.6. The lowest BCUT2D eigenvalue weighted by Crippen LogP contribution is -2.37. The lowest BCUT2D eigenvalue weighted by Gasteiger charge is -2.24. The Morgan fingerprint density at radius 1 is 0.893 bits per heavy atom. The summed E-state index contributed by atoms with van der Waals surface area (Å²) in [7, 11) is 9.38. The van der Waals surface area contributed by atoms with Crippen molar-refractivity contribution in [2.75, 3.05) is 54.4 Å². The molecule has 2 aliphatic rings. The number of aliphatic hydroxyl groups is 1. The Bertz CT molecular complexity index is 518. The van der Waals surface area contributed by atoms with E-state index < -0.39 is 18.0 Å². The van der Waals surface area contributed by atoms with Gasteiger partial charge in [0.15, 0.2) is 0 Å². The van der Waals surface area contributed by atoms with Crippen molar-refractivity contribution >= 4 is 5.97 Å². The number of hydrogen-bond donors (Lipinski definition) is 2. The molecule has 2 rings (SSSR count). The monoisotopic (exact) mass is 398 g/mol. The van der Waals surface area contributed by atoms with Gasteiger partial charge in [-0.2, -0.15) is 0 Å². The van der Waals surface area contributed by atoms with E-state index in [0.717, 1.165) is 29.3 Å². The zero-order chi connectivity index (χ0) is 21.1. The van der Waals surface area contributed by atoms with Gasteiger partial charge in [-0.3, -0.25) is 4.79 Å². The van der Waals surface area contributed by atoms with Crippen molar-refractivity contribution in [1.29, 1.82) is 0 Å². The molecule has 5 nitrogen and oxygen atoms in total. The summed E-state index contributed by atoms with van der Waals surface area (Å²) >= 11 is 0. The molecule has 28 heavy (non-hydrogen) atoms. The molecule has 2 fully saturated rings. The van der Waals surface area contributed by atoms with Crippen molar-refractivity contribution in [2.45, 2.75) is 58.5 Å². The van der Waals surface area contributed by atoms with Crippen molar-refractivity contribution in [2.24, 2.45) is 29.6 Å². The second-order valence-electron chi connectivity index (χ2n) is 11.3. The van der Waals surface area contributed by atoms with Crippen LogP contribution in [0, 0.1) is 29.6 Å². The largest absolute Gasteiger partial charge is 0.481 e. The molecule has 2 saturated heterocycles. The summed E-state index contributed by atoms with van der Waals surface area (Å²) in [6, 6.07) is 0. The number of carboxylic acids is 1. The van der Waals surface area contributed by atoms with Crippen LogP contribution in [0.5, 0.6) is 0 Å². The number of rotatable bonds is 10. The molecule has 2 heterocycles. The Balaban J connectivity index is 1.93. The molecule has 0 aromatic carbocycles. The standard InChI is InChI=1S/C23H45N2O3/c1-7-18-13-24(3,4)14-20(18)10-11-22-16-25(5,6)15-21(22)9-8-19(23(27)28)12-17(2)26/h17-22,26H,7-16H2,1-6H3/q+1/p+1. The fourth-order valence-corrected chi connectivity index (χ4v) is 6.33. The van der Waals surface area contributed by atoms with Crippen LogP contribution in [0.2, 0.25) is 0 Å². The topological polar surface area (TPSA) is 57.5 Å². The van der Waals surface area contributed by atoms with Gasteiger partial charge in [-0.15, -0.1) is 0 Å². The normalized spacial score (nSPS) is 33.7. The minimum Gasteiger partial charge on any atom is -0.481 e. The van der Waals surface area contributed by atoms with E-state index in [0.29, 0.717) is 24.7 Å². The summed E-state index contributed by atoms with van der Waals surface area (Å²) in [6.45, 7) is 9.05. The Hall–Kier alpha value is -0.650. The number of aliphatic carboxylic acids is 1. The second kappa shape index (κ2) is 9.44. The highest BCUT2D eigenvalue weighted by molar-refractivity contribution is 5.69. The first-order chi connectivity index (χ1) is 12.9. The second-order valence-corrected chi connectivity index (χ2v) is 11.3. The van der Waals surface area contributed by atoms with Crippen LogP contribution in [-0.2, 0) is 4.79 Å². The van der Waals surface area contributed by atoms with E-state index in [4.69, 9.17) is 0 Å². The zero-order valence-corrected chi connectivity index (χ0v) is 19.2. The summed E-state index contributed by atoms with van der Waals surface area (Å²) in [6.07, 6.45) is 5.44. The van der Waals surface area contributed by atoms with Crippen LogP contribution in [0.15, 0.2) is 0 Å². The summed E-state index contributed by atoms with van der Waals surface area (Å²) in [5.74, 6) is 1.88. The number of quaternary nitrogens is 2. The molecule has 0 aromatic rings. The zero-order valence-electron chi connectivity index (χ0n) is 19.2. The number of aliphatic hydroxyl groups excluding tert-OH is 1. The highest BCUT2D eigenvalue weighted by atomic mass is 16.4. The number of hydrogen-bond acceptors (Lipinski definition) is 2. The molecule has 0 spiro atoms. The lowest BCUT2D eigenvalue weighted by atomic mass is 9.81. The molecule has 6 atom stereocenters. The van der Waals surface area contributed by atoms with Crippen LogP contribution >= 0.6 is 0 Å². The molecule has 0 aliphatic carbocycles. The summed E-state index contributed by atoms with van der Waals surface area (Å²) in [5, 5.41) is 19.1. The Morgan fingerprint density at radius 3 is 1.75 bits per heavy atom. The highest BCUT2D eigenvalue weighted by Gasteiger charge is 2.43. The van der Waals surface area contributed by atoms with Gasteiger partial charge in [0.05, 0.1) is 66.4 Å². The molecule has 6 unspecified atom stereocenters. The van der Waals surface area contributed by atoms with Crippen LogP contribution in [-0.4, -0.2) is 85.6 Å². The van der Waals surface area contributed by atoms with Crippen molar-refractivity contribution in [3.8, 4) is 0 Å². The minimum atomic E-state index is -0.749. The molecule has 5 heteroatoms. The van der Waals surface area contributed by atoms with E-state index in [2.05, 4.69) is 35.1 Å². The van der Waals surface area contributed by atoms with Crippen LogP contribution in [0.3, 0.4) is 0 Å². The van der Waals surface area contributed by atoms with Crippen LogP contribution in [0.25, 0.3) is 0 Å². The number of nitrogens with zero attached hydrogens (tertiary/aromatic N) is 2. The van der Waals surface area contributed by atoms with Gasteiger partial charge in [0.1, 0.15) is 0 Å². The van der Waals surface area contributed by atoms with E-state index in [1.807, 2.05) is 0 Å². The molecular formula is C23H46N2O3+2. The Labute approximate surface area is 172 Å². The maximum Gasteiger partial charge on any atom is 0.306 e.